The molecule has 0 aliphatic carbocycles. The number of pyridine rings is 2. The van der Waals surface area contributed by atoms with Gasteiger partial charge in [-0.1, -0.05) is 6.07 Å². The minimum absolute atomic E-state index is 0.131. The lowest BCUT2D eigenvalue weighted by Crippen LogP contribution is -2.48. The molecule has 1 aliphatic heterocycles. The highest BCUT2D eigenvalue weighted by molar-refractivity contribution is 5.69. The third-order valence-corrected chi connectivity index (χ3v) is 5.35. The zero-order valence-corrected chi connectivity index (χ0v) is 17.3. The molecular formula is C22H24FN7O2. The van der Waals surface area contributed by atoms with Crippen molar-refractivity contribution in [2.75, 3.05) is 28.6 Å². The quantitative estimate of drug-likeness (QED) is 0.378. The van der Waals surface area contributed by atoms with E-state index in [4.69, 9.17) is 5.73 Å². The first-order valence-corrected chi connectivity index (χ1v) is 10.3. The standard InChI is InChI=1S/C22H24FN7O2/c23-18-14-29(11-9-19(18)24)17-5-3-16(4-6-17)27-22-20(30(31)32)7-8-21(28-22)26-13-15-2-1-10-25-12-15/h1-8,10,12,18-19H,9,11,13-14,24H2,(H2,26,27,28). The number of hydrogen-bond acceptors (Lipinski definition) is 8. The minimum atomic E-state index is -1.06. The maximum atomic E-state index is 13.9. The Morgan fingerprint density at radius 1 is 1.22 bits per heavy atom. The number of halogens is 1. The van der Waals surface area contributed by atoms with Gasteiger partial charge in [0, 0.05) is 49.0 Å². The van der Waals surface area contributed by atoms with Crippen LogP contribution in [0.2, 0.25) is 0 Å². The third-order valence-electron chi connectivity index (χ3n) is 5.35. The molecule has 1 aliphatic rings. The summed E-state index contributed by atoms with van der Waals surface area (Å²) in [7, 11) is 0. The van der Waals surface area contributed by atoms with Crippen LogP contribution in [0, 0.1) is 10.1 Å². The monoisotopic (exact) mass is 437 g/mol. The first-order chi connectivity index (χ1) is 15.5. The summed E-state index contributed by atoms with van der Waals surface area (Å²) in [5, 5.41) is 17.6. The van der Waals surface area contributed by atoms with E-state index in [9.17, 15) is 14.5 Å². The Morgan fingerprint density at radius 3 is 2.72 bits per heavy atom. The predicted octanol–water partition coefficient (Wildman–Crippen LogP) is 3.62. The second-order valence-corrected chi connectivity index (χ2v) is 7.62. The van der Waals surface area contributed by atoms with Crippen molar-refractivity contribution in [3.05, 3.63) is 76.6 Å². The Balaban J connectivity index is 1.47. The van der Waals surface area contributed by atoms with Crippen LogP contribution >= 0.6 is 0 Å². The zero-order valence-electron chi connectivity index (χ0n) is 17.3. The number of aromatic nitrogens is 2. The van der Waals surface area contributed by atoms with E-state index in [1.165, 1.54) is 6.07 Å². The highest BCUT2D eigenvalue weighted by Gasteiger charge is 2.26. The summed E-state index contributed by atoms with van der Waals surface area (Å²) < 4.78 is 13.9. The topological polar surface area (TPSA) is 122 Å². The van der Waals surface area contributed by atoms with Crippen LogP contribution in [0.15, 0.2) is 60.9 Å². The van der Waals surface area contributed by atoms with E-state index in [2.05, 4.69) is 20.6 Å². The van der Waals surface area contributed by atoms with Crippen LogP contribution in [0.25, 0.3) is 0 Å². The molecule has 0 spiro atoms. The number of piperidine rings is 1. The van der Waals surface area contributed by atoms with Gasteiger partial charge in [-0.05, 0) is 48.4 Å². The third kappa shape index (κ3) is 5.09. The van der Waals surface area contributed by atoms with Crippen molar-refractivity contribution in [2.24, 2.45) is 5.73 Å². The highest BCUT2D eigenvalue weighted by atomic mass is 19.1. The molecule has 0 saturated carbocycles. The van der Waals surface area contributed by atoms with Gasteiger partial charge in [0.05, 0.1) is 11.5 Å². The number of benzene rings is 1. The molecule has 3 aromatic rings. The molecule has 9 nitrogen and oxygen atoms in total. The molecule has 4 N–H and O–H groups in total. The van der Waals surface area contributed by atoms with E-state index >= 15 is 0 Å². The first kappa shape index (κ1) is 21.4. The number of hydrogen-bond donors (Lipinski definition) is 3. The second kappa shape index (κ2) is 9.56. The molecular weight excluding hydrogens is 413 g/mol. The lowest BCUT2D eigenvalue weighted by molar-refractivity contribution is -0.384. The minimum Gasteiger partial charge on any atom is -0.368 e. The molecule has 0 amide bonds. The largest absolute Gasteiger partial charge is 0.368 e. The summed E-state index contributed by atoms with van der Waals surface area (Å²) in [6.07, 6.45) is 2.96. The lowest BCUT2D eigenvalue weighted by Gasteiger charge is -2.34. The normalized spacial score (nSPS) is 18.2. The summed E-state index contributed by atoms with van der Waals surface area (Å²) in [5.41, 5.74) is 8.10. The van der Waals surface area contributed by atoms with Gasteiger partial charge in [-0.25, -0.2) is 9.37 Å². The van der Waals surface area contributed by atoms with E-state index in [0.29, 0.717) is 31.0 Å². The smallest absolute Gasteiger partial charge is 0.311 e. The molecule has 1 aromatic carbocycles. The second-order valence-electron chi connectivity index (χ2n) is 7.62. The van der Waals surface area contributed by atoms with Crippen LogP contribution in [0.4, 0.5) is 33.1 Å². The Bertz CT molecular complexity index is 1070. The van der Waals surface area contributed by atoms with Gasteiger partial charge in [0.1, 0.15) is 12.0 Å². The van der Waals surface area contributed by atoms with Gasteiger partial charge in [-0.2, -0.15) is 0 Å². The number of nitrogens with two attached hydrogens (primary N) is 1. The lowest BCUT2D eigenvalue weighted by atomic mass is 10.0. The molecule has 10 heteroatoms. The van der Waals surface area contributed by atoms with Crippen LogP contribution in [0.1, 0.15) is 12.0 Å². The highest BCUT2D eigenvalue weighted by Crippen LogP contribution is 2.29. The summed E-state index contributed by atoms with van der Waals surface area (Å²) in [5.74, 6) is 0.629. The van der Waals surface area contributed by atoms with Crippen LogP contribution in [-0.4, -0.2) is 40.2 Å². The van der Waals surface area contributed by atoms with Crippen molar-refractivity contribution in [2.45, 2.75) is 25.2 Å². The number of rotatable bonds is 7. The summed E-state index contributed by atoms with van der Waals surface area (Å²) in [6, 6.07) is 13.6. The van der Waals surface area contributed by atoms with Gasteiger partial charge in [-0.15, -0.1) is 0 Å². The van der Waals surface area contributed by atoms with Gasteiger partial charge in [-0.3, -0.25) is 15.1 Å². The van der Waals surface area contributed by atoms with Crippen molar-refractivity contribution in [1.82, 2.24) is 9.97 Å². The molecule has 166 valence electrons. The van der Waals surface area contributed by atoms with Gasteiger partial charge in [0.25, 0.3) is 0 Å². The number of alkyl halides is 1. The van der Waals surface area contributed by atoms with Gasteiger partial charge in [0.2, 0.25) is 5.82 Å². The Morgan fingerprint density at radius 2 is 2.03 bits per heavy atom. The molecule has 1 fully saturated rings. The molecule has 3 heterocycles. The number of nitrogens with zero attached hydrogens (tertiary/aromatic N) is 4. The Labute approximate surface area is 184 Å². The average Bonchev–Trinajstić information content (AvgIpc) is 2.81. The van der Waals surface area contributed by atoms with Crippen LogP contribution in [0.5, 0.6) is 0 Å². The van der Waals surface area contributed by atoms with Gasteiger partial charge < -0.3 is 21.3 Å². The number of anilines is 4. The van der Waals surface area contributed by atoms with E-state index in [-0.39, 0.29) is 18.1 Å². The van der Waals surface area contributed by atoms with Gasteiger partial charge in [0.15, 0.2) is 0 Å². The van der Waals surface area contributed by atoms with E-state index in [0.717, 1.165) is 11.3 Å². The molecule has 32 heavy (non-hydrogen) atoms. The van der Waals surface area contributed by atoms with Crippen molar-refractivity contribution in [3.63, 3.8) is 0 Å². The van der Waals surface area contributed by atoms with Crippen molar-refractivity contribution < 1.29 is 9.31 Å². The Kier molecular flexibility index (Phi) is 6.41. The molecule has 1 saturated heterocycles. The van der Waals surface area contributed by atoms with E-state index in [1.807, 2.05) is 29.2 Å². The maximum Gasteiger partial charge on any atom is 0.311 e. The Hall–Kier alpha value is -3.79. The number of nitro groups is 1. The molecule has 2 unspecified atom stereocenters. The summed E-state index contributed by atoms with van der Waals surface area (Å²) in [6.45, 7) is 1.43. The molecule has 2 atom stereocenters. The van der Waals surface area contributed by atoms with E-state index in [1.54, 1.807) is 30.6 Å². The van der Waals surface area contributed by atoms with Crippen LogP contribution in [-0.2, 0) is 6.54 Å². The van der Waals surface area contributed by atoms with Crippen LogP contribution < -0.4 is 21.3 Å². The molecule has 2 aromatic heterocycles. The molecule has 0 bridgehead atoms. The van der Waals surface area contributed by atoms with Gasteiger partial charge >= 0.3 is 5.69 Å². The van der Waals surface area contributed by atoms with Crippen molar-refractivity contribution in [3.8, 4) is 0 Å². The maximum absolute atomic E-state index is 13.9. The van der Waals surface area contributed by atoms with Crippen molar-refractivity contribution >= 4 is 28.7 Å². The zero-order chi connectivity index (χ0) is 22.5. The first-order valence-electron chi connectivity index (χ1n) is 10.3. The van der Waals surface area contributed by atoms with Crippen LogP contribution in [0.3, 0.4) is 0 Å². The fraction of sp³-hybridized carbons (Fsp3) is 0.273. The SMILES string of the molecule is NC1CCN(c2ccc(Nc3nc(NCc4cccnc4)ccc3[N+](=O)[O-])cc2)CC1F. The van der Waals surface area contributed by atoms with Crippen molar-refractivity contribution in [1.29, 1.82) is 0 Å². The average molecular weight is 437 g/mol. The summed E-state index contributed by atoms with van der Waals surface area (Å²) >= 11 is 0. The number of nitrogens with one attached hydrogen (secondary N) is 2. The van der Waals surface area contributed by atoms with E-state index < -0.39 is 17.1 Å². The summed E-state index contributed by atoms with van der Waals surface area (Å²) in [4.78, 5) is 21.4. The predicted molar refractivity (Wildman–Crippen MR) is 122 cm³/mol. The fourth-order valence-electron chi connectivity index (χ4n) is 3.53. The molecule has 4 rings (SSSR count). The molecule has 0 radical (unpaired) electrons. The fourth-order valence-corrected chi connectivity index (χ4v) is 3.53.